The average Bonchev–Trinajstić information content (AvgIpc) is 1.61. The Morgan fingerprint density at radius 3 is 2.50 bits per heavy atom. The molecule has 0 amide bonds. The van der Waals surface area contributed by atoms with E-state index >= 15 is 0 Å². The zero-order valence-electron chi connectivity index (χ0n) is 3.63. The largest absolute Gasteiger partial charge is 0.411 e. The lowest BCUT2D eigenvalue weighted by Crippen LogP contribution is -1.57. The van der Waals surface area contributed by atoms with E-state index in [0.717, 1.165) is 0 Å². The molecular weight excluding hydrogens is 78.0 g/mol. The molecule has 0 aliphatic heterocycles. The Morgan fingerprint density at radius 1 is 1.67 bits per heavy atom. The number of hydrogen-bond donors (Lipinski definition) is 1. The quantitative estimate of drug-likeness (QED) is 0.288. The molecule has 0 aromatic carbocycles. The molecule has 0 bridgehead atoms. The van der Waals surface area contributed by atoms with Gasteiger partial charge in [0.2, 0.25) is 0 Å². The van der Waals surface area contributed by atoms with Crippen LogP contribution in [0.5, 0.6) is 0 Å². The molecule has 1 N–H and O–H groups in total. The van der Waals surface area contributed by atoms with Gasteiger partial charge in [0.25, 0.3) is 0 Å². The fraction of sp³-hybridized carbons (Fsp3) is 0.250. The third-order valence-electron chi connectivity index (χ3n) is 0.345. The fourth-order valence-corrected chi connectivity index (χ4v) is 0.125. The minimum absolute atomic E-state index is 1.31. The van der Waals surface area contributed by atoms with Crippen LogP contribution < -0.4 is 0 Å². The summed E-state index contributed by atoms with van der Waals surface area (Å²) in [6.45, 7) is 1.85. The lowest BCUT2D eigenvalue weighted by molar-refractivity contribution is 0.322. The van der Waals surface area contributed by atoms with E-state index in [1.807, 2.05) is 6.92 Å². The number of allylic oxidation sites excluding steroid dienone is 2. The first-order valence-corrected chi connectivity index (χ1v) is 1.70. The molecule has 0 spiro atoms. The molecule has 0 fully saturated rings. The Morgan fingerprint density at radius 2 is 2.33 bits per heavy atom. The molecule has 0 atom stereocenters. The predicted molar refractivity (Wildman–Crippen MR) is 25.1 cm³/mol. The highest BCUT2D eigenvalue weighted by molar-refractivity contribution is 5.69. The molecule has 2 nitrogen and oxygen atoms in total. The molecule has 0 aliphatic rings. The van der Waals surface area contributed by atoms with Crippen LogP contribution in [0.2, 0.25) is 0 Å². The van der Waals surface area contributed by atoms with E-state index in [4.69, 9.17) is 5.21 Å². The molecule has 34 valence electrons. The van der Waals surface area contributed by atoms with Gasteiger partial charge in [-0.15, -0.1) is 0 Å². The molecule has 0 unspecified atom stereocenters. The highest BCUT2D eigenvalue weighted by Gasteiger charge is 1.51. The maximum Gasteiger partial charge on any atom is 0.0658 e. The molecule has 0 rings (SSSR count). The van der Waals surface area contributed by atoms with Gasteiger partial charge in [0.1, 0.15) is 0 Å². The smallest absolute Gasteiger partial charge is 0.0658 e. The molecule has 2 heteroatoms. The van der Waals surface area contributed by atoms with E-state index in [-0.39, 0.29) is 0 Å². The van der Waals surface area contributed by atoms with Crippen LogP contribution >= 0.6 is 0 Å². The molecule has 6 heavy (non-hydrogen) atoms. The summed E-state index contributed by atoms with van der Waals surface area (Å²) in [6.07, 6.45) is 4.72. The summed E-state index contributed by atoms with van der Waals surface area (Å²) in [5.74, 6) is 0. The van der Waals surface area contributed by atoms with Crippen LogP contribution in [0.25, 0.3) is 0 Å². The Hall–Kier alpha value is -0.790. The van der Waals surface area contributed by atoms with Crippen molar-refractivity contribution in [1.29, 1.82) is 0 Å². The van der Waals surface area contributed by atoms with Crippen molar-refractivity contribution in [2.75, 3.05) is 0 Å². The fourth-order valence-electron chi connectivity index (χ4n) is 0.125. The average molecular weight is 85.1 g/mol. The van der Waals surface area contributed by atoms with Crippen molar-refractivity contribution in [3.05, 3.63) is 12.2 Å². The van der Waals surface area contributed by atoms with Gasteiger partial charge >= 0.3 is 0 Å². The van der Waals surface area contributed by atoms with Crippen LogP contribution in [0.4, 0.5) is 0 Å². The summed E-state index contributed by atoms with van der Waals surface area (Å²) in [7, 11) is 0. The maximum absolute atomic E-state index is 7.72. The minimum Gasteiger partial charge on any atom is -0.411 e. The van der Waals surface area contributed by atoms with Crippen molar-refractivity contribution in [3.8, 4) is 0 Å². The standard InChI is InChI=1S/C4H7NO/c1-2-3-4-5-6/h2-4,6H,1H3/b3-2+,5-4+. The zero-order chi connectivity index (χ0) is 4.83. The van der Waals surface area contributed by atoms with Gasteiger partial charge in [-0.1, -0.05) is 11.2 Å². The first-order chi connectivity index (χ1) is 2.91. The summed E-state index contributed by atoms with van der Waals surface area (Å²) in [6, 6.07) is 0. The molecule has 0 saturated carbocycles. The van der Waals surface area contributed by atoms with Crippen LogP contribution in [0, 0.1) is 0 Å². The lowest BCUT2D eigenvalue weighted by atomic mass is 10.6. The van der Waals surface area contributed by atoms with Crippen molar-refractivity contribution < 1.29 is 5.21 Å². The highest BCUT2D eigenvalue weighted by Crippen LogP contribution is 1.60. The van der Waals surface area contributed by atoms with Crippen molar-refractivity contribution in [2.45, 2.75) is 6.92 Å². The van der Waals surface area contributed by atoms with Crippen molar-refractivity contribution >= 4 is 6.21 Å². The van der Waals surface area contributed by atoms with E-state index in [1.165, 1.54) is 6.21 Å². The second-order valence-electron chi connectivity index (χ2n) is 0.790. The number of nitrogens with zero attached hydrogens (tertiary/aromatic N) is 1. The molecule has 0 heterocycles. The third-order valence-corrected chi connectivity index (χ3v) is 0.345. The van der Waals surface area contributed by atoms with Gasteiger partial charge in [0.05, 0.1) is 6.21 Å². The molecule has 0 aromatic heterocycles. The zero-order valence-corrected chi connectivity index (χ0v) is 3.63. The number of rotatable bonds is 1. The summed E-state index contributed by atoms with van der Waals surface area (Å²) >= 11 is 0. The Bertz CT molecular complexity index is 55.9. The third kappa shape index (κ3) is 3.21. The van der Waals surface area contributed by atoms with Crippen molar-refractivity contribution in [1.82, 2.24) is 0 Å². The van der Waals surface area contributed by atoms with Gasteiger partial charge in [-0.25, -0.2) is 0 Å². The Kier molecular flexibility index (Phi) is 3.66. The SMILES string of the molecule is C/C=C/C=N/O. The minimum atomic E-state index is 1.31. The van der Waals surface area contributed by atoms with Gasteiger partial charge in [0.15, 0.2) is 0 Å². The van der Waals surface area contributed by atoms with Gasteiger partial charge < -0.3 is 5.21 Å². The van der Waals surface area contributed by atoms with E-state index in [1.54, 1.807) is 12.2 Å². The molecule has 0 radical (unpaired) electrons. The van der Waals surface area contributed by atoms with E-state index in [2.05, 4.69) is 5.16 Å². The normalized spacial score (nSPS) is 11.5. The highest BCUT2D eigenvalue weighted by atomic mass is 16.4. The van der Waals surface area contributed by atoms with E-state index < -0.39 is 0 Å². The number of oxime groups is 1. The number of hydrogen-bond acceptors (Lipinski definition) is 2. The van der Waals surface area contributed by atoms with Gasteiger partial charge in [-0.3, -0.25) is 0 Å². The molecule has 0 saturated heterocycles. The van der Waals surface area contributed by atoms with Gasteiger partial charge in [-0.05, 0) is 13.0 Å². The van der Waals surface area contributed by atoms with E-state index in [0.29, 0.717) is 0 Å². The molecular formula is C4H7NO. The maximum atomic E-state index is 7.72. The second kappa shape index (κ2) is 4.21. The van der Waals surface area contributed by atoms with E-state index in [9.17, 15) is 0 Å². The molecule has 0 aliphatic carbocycles. The second-order valence-corrected chi connectivity index (χ2v) is 0.790. The van der Waals surface area contributed by atoms with Crippen LogP contribution in [0.3, 0.4) is 0 Å². The van der Waals surface area contributed by atoms with Crippen LogP contribution in [-0.2, 0) is 0 Å². The summed E-state index contributed by atoms with van der Waals surface area (Å²) < 4.78 is 0. The summed E-state index contributed by atoms with van der Waals surface area (Å²) in [4.78, 5) is 0. The first-order valence-electron chi connectivity index (χ1n) is 1.70. The monoisotopic (exact) mass is 85.1 g/mol. The first kappa shape index (κ1) is 5.21. The van der Waals surface area contributed by atoms with Gasteiger partial charge in [-0.2, -0.15) is 0 Å². The van der Waals surface area contributed by atoms with Gasteiger partial charge in [0, 0.05) is 0 Å². The Labute approximate surface area is 36.8 Å². The molecule has 0 aromatic rings. The predicted octanol–water partition coefficient (Wildman–Crippen LogP) is 1.02. The van der Waals surface area contributed by atoms with Crippen LogP contribution in [0.15, 0.2) is 17.3 Å². The topological polar surface area (TPSA) is 32.6 Å². The van der Waals surface area contributed by atoms with Crippen LogP contribution in [-0.4, -0.2) is 11.4 Å². The Balaban J connectivity index is 3.07. The van der Waals surface area contributed by atoms with Crippen molar-refractivity contribution in [3.63, 3.8) is 0 Å². The summed E-state index contributed by atoms with van der Waals surface area (Å²) in [5.41, 5.74) is 0. The lowest BCUT2D eigenvalue weighted by Gasteiger charge is -1.62. The van der Waals surface area contributed by atoms with Crippen LogP contribution in [0.1, 0.15) is 6.92 Å². The van der Waals surface area contributed by atoms with Crippen molar-refractivity contribution in [2.24, 2.45) is 5.16 Å². The summed E-state index contributed by atoms with van der Waals surface area (Å²) in [5, 5.41) is 10.4.